The molecule has 0 radical (unpaired) electrons. The predicted octanol–water partition coefficient (Wildman–Crippen LogP) is 0.941. The number of hydrogen-bond donors (Lipinski definition) is 3. The van der Waals surface area contributed by atoms with Gasteiger partial charge in [0.15, 0.2) is 17.4 Å². The molecule has 4 N–H and O–H groups in total. The molecule has 2 atom stereocenters. The monoisotopic (exact) mass is 473 g/mol. The number of nitrogens with two attached hydrogens (primary N) is 1. The first-order valence-electron chi connectivity index (χ1n) is 10.6. The smallest absolute Gasteiger partial charge is 0.270 e. The van der Waals surface area contributed by atoms with Crippen molar-refractivity contribution in [3.05, 3.63) is 52.9 Å². The highest BCUT2D eigenvalue weighted by Crippen LogP contribution is 2.18. The largest absolute Gasteiger partial charge is 0.494 e. The van der Waals surface area contributed by atoms with Crippen LogP contribution in [0.3, 0.4) is 0 Å². The zero-order valence-corrected chi connectivity index (χ0v) is 19.1. The van der Waals surface area contributed by atoms with Crippen molar-refractivity contribution in [3.63, 3.8) is 0 Å². The Labute approximate surface area is 196 Å². The molecule has 12 heteroatoms. The molecule has 0 spiro atoms. The van der Waals surface area contributed by atoms with E-state index in [-0.39, 0.29) is 42.2 Å². The minimum Gasteiger partial charge on any atom is -0.494 e. The summed E-state index contributed by atoms with van der Waals surface area (Å²) in [4.78, 5) is 21.1. The number of amidine groups is 1. The molecule has 1 aromatic carbocycles. The zero-order chi connectivity index (χ0) is 24.7. The highest BCUT2D eigenvalue weighted by atomic mass is 19.1. The SMILES string of the molecule is C=NN(C[C@@H]1CC[C@@H](O)CO1)/N=C(\N)c1cc(C(=O)NCc2ccc(F)c(OC)c2)nc(C)n1. The van der Waals surface area contributed by atoms with Gasteiger partial charge >= 0.3 is 0 Å². The zero-order valence-electron chi connectivity index (χ0n) is 19.1. The average Bonchev–Trinajstić information content (AvgIpc) is 2.83. The van der Waals surface area contributed by atoms with Gasteiger partial charge in [-0.2, -0.15) is 10.2 Å². The second-order valence-corrected chi connectivity index (χ2v) is 7.71. The summed E-state index contributed by atoms with van der Waals surface area (Å²) in [6.45, 7) is 5.82. The number of carbonyl (C=O) groups excluding carboxylic acids is 1. The van der Waals surface area contributed by atoms with Crippen molar-refractivity contribution in [1.29, 1.82) is 0 Å². The van der Waals surface area contributed by atoms with Gasteiger partial charge in [-0.1, -0.05) is 6.07 Å². The van der Waals surface area contributed by atoms with E-state index in [1.807, 2.05) is 0 Å². The Morgan fingerprint density at radius 2 is 2.15 bits per heavy atom. The summed E-state index contributed by atoms with van der Waals surface area (Å²) >= 11 is 0. The summed E-state index contributed by atoms with van der Waals surface area (Å²) in [5, 5.41) is 21.6. The molecular formula is C22H28FN7O4. The fourth-order valence-electron chi connectivity index (χ4n) is 3.33. The molecular weight excluding hydrogens is 445 g/mol. The summed E-state index contributed by atoms with van der Waals surface area (Å²) in [6.07, 6.45) is 0.639. The number of ether oxygens (including phenoxy) is 2. The molecule has 34 heavy (non-hydrogen) atoms. The number of rotatable bonds is 9. The third-order valence-electron chi connectivity index (χ3n) is 5.10. The number of hydrazone groups is 2. The number of nitrogens with one attached hydrogen (secondary N) is 1. The highest BCUT2D eigenvalue weighted by molar-refractivity contribution is 5.99. The molecule has 1 aliphatic rings. The Bertz CT molecular complexity index is 1060. The van der Waals surface area contributed by atoms with E-state index in [1.54, 1.807) is 13.0 Å². The minimum absolute atomic E-state index is 0.0195. The number of carbonyl (C=O) groups is 1. The first-order chi connectivity index (χ1) is 16.3. The van der Waals surface area contributed by atoms with Crippen LogP contribution in [0, 0.1) is 12.7 Å². The lowest BCUT2D eigenvalue weighted by atomic mass is 10.1. The maximum absolute atomic E-state index is 13.6. The van der Waals surface area contributed by atoms with Crippen molar-refractivity contribution in [1.82, 2.24) is 20.4 Å². The number of methoxy groups -OCH3 is 1. The third-order valence-corrected chi connectivity index (χ3v) is 5.10. The summed E-state index contributed by atoms with van der Waals surface area (Å²) in [7, 11) is 1.37. The Kier molecular flexibility index (Phi) is 8.44. The average molecular weight is 474 g/mol. The third kappa shape index (κ3) is 6.68. The van der Waals surface area contributed by atoms with Crippen LogP contribution < -0.4 is 15.8 Å². The predicted molar refractivity (Wildman–Crippen MR) is 123 cm³/mol. The van der Waals surface area contributed by atoms with Gasteiger partial charge in [-0.05, 0) is 43.5 Å². The lowest BCUT2D eigenvalue weighted by molar-refractivity contribution is -0.0656. The quantitative estimate of drug-likeness (QED) is 0.277. The van der Waals surface area contributed by atoms with Crippen LogP contribution in [0.25, 0.3) is 0 Å². The summed E-state index contributed by atoms with van der Waals surface area (Å²) in [6, 6.07) is 5.74. The van der Waals surface area contributed by atoms with Crippen LogP contribution in [0.4, 0.5) is 4.39 Å². The summed E-state index contributed by atoms with van der Waals surface area (Å²) in [5.41, 5.74) is 7.11. The van der Waals surface area contributed by atoms with E-state index >= 15 is 0 Å². The van der Waals surface area contributed by atoms with Crippen molar-refractivity contribution in [2.75, 3.05) is 20.3 Å². The van der Waals surface area contributed by atoms with Crippen molar-refractivity contribution in [3.8, 4) is 5.75 Å². The molecule has 2 heterocycles. The summed E-state index contributed by atoms with van der Waals surface area (Å²) in [5.74, 6) is -0.515. The minimum atomic E-state index is -0.487. The van der Waals surface area contributed by atoms with Crippen LogP contribution in [0.15, 0.2) is 34.5 Å². The van der Waals surface area contributed by atoms with Crippen LogP contribution in [0.5, 0.6) is 5.75 Å². The molecule has 0 aliphatic carbocycles. The number of nitrogens with zero attached hydrogens (tertiary/aromatic N) is 5. The van der Waals surface area contributed by atoms with E-state index in [2.05, 4.69) is 32.2 Å². The van der Waals surface area contributed by atoms with Gasteiger partial charge in [0.1, 0.15) is 17.2 Å². The van der Waals surface area contributed by atoms with Gasteiger partial charge in [0.2, 0.25) is 0 Å². The number of aryl methyl sites for hydroxylation is 1. The molecule has 1 fully saturated rings. The molecule has 1 saturated heterocycles. The highest BCUT2D eigenvalue weighted by Gasteiger charge is 2.22. The molecule has 0 bridgehead atoms. The lowest BCUT2D eigenvalue weighted by Gasteiger charge is -2.28. The van der Waals surface area contributed by atoms with Crippen molar-refractivity contribution >= 4 is 18.5 Å². The van der Waals surface area contributed by atoms with Gasteiger partial charge in [-0.15, -0.1) is 5.10 Å². The van der Waals surface area contributed by atoms with Crippen LogP contribution in [0.2, 0.25) is 0 Å². The first-order valence-corrected chi connectivity index (χ1v) is 10.6. The lowest BCUT2D eigenvalue weighted by Crippen LogP contribution is -2.36. The van der Waals surface area contributed by atoms with Crippen LogP contribution in [0.1, 0.15) is 40.4 Å². The molecule has 0 unspecified atom stereocenters. The Morgan fingerprint density at radius 1 is 1.38 bits per heavy atom. The molecule has 2 aromatic rings. The molecule has 182 valence electrons. The number of aromatic nitrogens is 2. The molecule has 11 nitrogen and oxygen atoms in total. The van der Waals surface area contributed by atoms with E-state index in [4.69, 9.17) is 15.2 Å². The number of aliphatic hydroxyl groups excluding tert-OH is 1. The van der Waals surface area contributed by atoms with Crippen molar-refractivity contribution in [2.45, 2.75) is 38.5 Å². The number of aliphatic hydroxyl groups is 1. The number of hydrogen-bond acceptors (Lipinski definition) is 9. The molecule has 0 saturated carbocycles. The van der Waals surface area contributed by atoms with Crippen LogP contribution in [-0.4, -0.2) is 71.1 Å². The normalized spacial score (nSPS) is 18.3. The van der Waals surface area contributed by atoms with Gasteiger partial charge in [0, 0.05) is 13.3 Å². The maximum atomic E-state index is 13.6. The van der Waals surface area contributed by atoms with E-state index in [9.17, 15) is 14.3 Å². The number of halogens is 1. The Balaban J connectivity index is 1.68. The number of benzene rings is 1. The van der Waals surface area contributed by atoms with E-state index < -0.39 is 17.8 Å². The maximum Gasteiger partial charge on any atom is 0.270 e. The van der Waals surface area contributed by atoms with Gasteiger partial charge in [0.05, 0.1) is 32.5 Å². The van der Waals surface area contributed by atoms with E-state index in [1.165, 1.54) is 30.4 Å². The molecule has 1 aromatic heterocycles. The molecule has 1 aliphatic heterocycles. The van der Waals surface area contributed by atoms with E-state index in [0.29, 0.717) is 30.8 Å². The second-order valence-electron chi connectivity index (χ2n) is 7.71. The van der Waals surface area contributed by atoms with Crippen LogP contribution in [-0.2, 0) is 11.3 Å². The fourth-order valence-corrected chi connectivity index (χ4v) is 3.33. The van der Waals surface area contributed by atoms with Crippen molar-refractivity contribution in [2.24, 2.45) is 15.9 Å². The Hall–Kier alpha value is -3.64. The van der Waals surface area contributed by atoms with Gasteiger partial charge in [0.25, 0.3) is 5.91 Å². The molecule has 3 rings (SSSR count). The topological polar surface area (TPSA) is 148 Å². The van der Waals surface area contributed by atoms with Crippen molar-refractivity contribution < 1.29 is 23.8 Å². The van der Waals surface area contributed by atoms with Crippen LogP contribution >= 0.6 is 0 Å². The summed E-state index contributed by atoms with van der Waals surface area (Å²) < 4.78 is 24.1. The van der Waals surface area contributed by atoms with Gasteiger partial charge in [-0.25, -0.2) is 14.4 Å². The fraction of sp³-hybridized carbons (Fsp3) is 0.409. The number of amides is 1. The van der Waals surface area contributed by atoms with E-state index in [0.717, 1.165) is 0 Å². The van der Waals surface area contributed by atoms with Gasteiger partial charge in [-0.3, -0.25) is 4.79 Å². The van der Waals surface area contributed by atoms with Gasteiger partial charge < -0.3 is 25.6 Å². The standard InChI is InChI=1S/C22H28FN7O4/c1-13-27-18(21(24)29-30(25-2)11-16-6-5-15(31)12-34-16)9-19(28-13)22(32)26-10-14-4-7-17(23)20(8-14)33-3/h4,7-9,15-16,31H,2,5-6,10-12H2,1,3H3,(H2,24,29)(H,26,32)/t15-,16+/m1/s1. The second kappa shape index (κ2) is 11.5. The first kappa shape index (κ1) is 25.0. The molecule has 1 amide bonds. The Morgan fingerprint density at radius 3 is 2.82 bits per heavy atom.